The summed E-state index contributed by atoms with van der Waals surface area (Å²) in [6.07, 6.45) is 6.56. The van der Waals surface area contributed by atoms with Crippen molar-refractivity contribution >= 4 is 40.8 Å². The number of aliphatic imine (C=N–C) groups is 1. The first kappa shape index (κ1) is 21.0. The van der Waals surface area contributed by atoms with E-state index >= 15 is 0 Å². The second-order valence-corrected chi connectivity index (χ2v) is 6.81. The van der Waals surface area contributed by atoms with Crippen LogP contribution in [0.2, 0.25) is 0 Å². The summed E-state index contributed by atoms with van der Waals surface area (Å²) in [4.78, 5) is 7.66. The van der Waals surface area contributed by atoms with E-state index in [0.717, 1.165) is 61.1 Å². The lowest BCUT2D eigenvalue weighted by Crippen LogP contribution is -2.40. The van der Waals surface area contributed by atoms with Gasteiger partial charge in [-0.15, -0.1) is 24.0 Å². The van der Waals surface area contributed by atoms with Crippen LogP contribution >= 0.6 is 24.0 Å². The first-order valence-corrected chi connectivity index (χ1v) is 9.10. The monoisotopic (exact) mass is 474 g/mol. The van der Waals surface area contributed by atoms with Gasteiger partial charge in [0.2, 0.25) is 0 Å². The number of benzene rings is 1. The fourth-order valence-electron chi connectivity index (χ4n) is 3.44. The highest BCUT2D eigenvalue weighted by molar-refractivity contribution is 14.0. The van der Waals surface area contributed by atoms with E-state index in [9.17, 15) is 9.50 Å². The maximum absolute atomic E-state index is 13.3. The summed E-state index contributed by atoms with van der Waals surface area (Å²) in [6, 6.07) is 4.81. The van der Waals surface area contributed by atoms with Gasteiger partial charge >= 0.3 is 0 Å². The van der Waals surface area contributed by atoms with E-state index in [0.29, 0.717) is 13.1 Å². The average molecular weight is 474 g/mol. The minimum Gasteiger partial charge on any atom is -0.388 e. The molecule has 7 heteroatoms. The fraction of sp³-hybridized carbons (Fsp3) is 0.526. The zero-order chi connectivity index (χ0) is 17.7. The van der Waals surface area contributed by atoms with Crippen LogP contribution in [0.4, 0.5) is 4.39 Å². The Kier molecular flexibility index (Phi) is 7.69. The van der Waals surface area contributed by atoms with Crippen LogP contribution in [0.25, 0.3) is 10.9 Å². The van der Waals surface area contributed by atoms with Crippen LogP contribution in [-0.2, 0) is 6.42 Å². The van der Waals surface area contributed by atoms with E-state index in [2.05, 4.69) is 20.6 Å². The van der Waals surface area contributed by atoms with Gasteiger partial charge in [-0.3, -0.25) is 4.99 Å². The minimum atomic E-state index is -0.636. The highest BCUT2D eigenvalue weighted by Gasteiger charge is 2.30. The number of guanidine groups is 1. The summed E-state index contributed by atoms with van der Waals surface area (Å²) in [7, 11) is 0. The van der Waals surface area contributed by atoms with Gasteiger partial charge < -0.3 is 20.7 Å². The van der Waals surface area contributed by atoms with E-state index in [1.807, 2.05) is 19.2 Å². The number of nitrogens with zero attached hydrogens (tertiary/aromatic N) is 1. The van der Waals surface area contributed by atoms with Crippen molar-refractivity contribution in [3.8, 4) is 0 Å². The standard InChI is InChI=1S/C19H27FN4O.HI/c1-2-21-18(24-13-19(25)8-3-4-9-19)22-10-7-14-12-23-17-11-15(20)5-6-16(14)17;/h5-6,11-12,23,25H,2-4,7-10,13H2,1H3,(H2,21,22,24);1H. The largest absolute Gasteiger partial charge is 0.388 e. The minimum absolute atomic E-state index is 0. The third kappa shape index (κ3) is 5.33. The Labute approximate surface area is 170 Å². The summed E-state index contributed by atoms with van der Waals surface area (Å²) in [6.45, 7) is 3.95. The van der Waals surface area contributed by atoms with Gasteiger partial charge in [-0.05, 0) is 49.9 Å². The summed E-state index contributed by atoms with van der Waals surface area (Å²) >= 11 is 0. The van der Waals surface area contributed by atoms with Crippen LogP contribution in [-0.4, -0.2) is 41.3 Å². The van der Waals surface area contributed by atoms with Crippen molar-refractivity contribution in [3.63, 3.8) is 0 Å². The number of aromatic amines is 1. The summed E-state index contributed by atoms with van der Waals surface area (Å²) < 4.78 is 13.3. The normalized spacial score (nSPS) is 16.5. The van der Waals surface area contributed by atoms with E-state index in [-0.39, 0.29) is 29.8 Å². The first-order valence-electron chi connectivity index (χ1n) is 9.10. The Morgan fingerprint density at radius 1 is 1.31 bits per heavy atom. The number of hydrogen-bond donors (Lipinski definition) is 4. The van der Waals surface area contributed by atoms with Crippen molar-refractivity contribution < 1.29 is 9.50 Å². The Morgan fingerprint density at radius 3 is 2.81 bits per heavy atom. The third-order valence-electron chi connectivity index (χ3n) is 4.83. The van der Waals surface area contributed by atoms with Gasteiger partial charge in [0.25, 0.3) is 0 Å². The van der Waals surface area contributed by atoms with E-state index in [4.69, 9.17) is 0 Å². The van der Waals surface area contributed by atoms with Crippen molar-refractivity contribution in [3.05, 3.63) is 35.8 Å². The molecule has 1 saturated carbocycles. The molecule has 1 heterocycles. The SMILES string of the molecule is CCNC(=NCC1(O)CCCC1)NCCc1c[nH]c2cc(F)ccc12.I. The Bertz CT molecular complexity index is 740. The van der Waals surface area contributed by atoms with Crippen LogP contribution in [0.5, 0.6) is 0 Å². The molecule has 0 unspecified atom stereocenters. The Balaban J connectivity index is 0.00000243. The van der Waals surface area contributed by atoms with Crippen molar-refractivity contribution in [2.75, 3.05) is 19.6 Å². The molecule has 1 fully saturated rings. The van der Waals surface area contributed by atoms with Crippen LogP contribution in [0.15, 0.2) is 29.4 Å². The van der Waals surface area contributed by atoms with Crippen molar-refractivity contribution in [2.45, 2.75) is 44.6 Å². The average Bonchev–Trinajstić information content (AvgIpc) is 3.19. The van der Waals surface area contributed by atoms with Crippen LogP contribution in [0, 0.1) is 5.82 Å². The van der Waals surface area contributed by atoms with Gasteiger partial charge in [-0.1, -0.05) is 12.8 Å². The first-order chi connectivity index (χ1) is 12.1. The Morgan fingerprint density at radius 2 is 2.08 bits per heavy atom. The van der Waals surface area contributed by atoms with Gasteiger partial charge in [0.15, 0.2) is 5.96 Å². The molecular weight excluding hydrogens is 446 g/mol. The zero-order valence-electron chi connectivity index (χ0n) is 15.1. The Hall–Kier alpha value is -1.35. The van der Waals surface area contributed by atoms with Crippen molar-refractivity contribution in [2.24, 2.45) is 4.99 Å². The summed E-state index contributed by atoms with van der Waals surface area (Å²) in [5.41, 5.74) is 1.33. The quantitative estimate of drug-likeness (QED) is 0.295. The molecule has 1 aliphatic carbocycles. The maximum atomic E-state index is 13.3. The molecule has 144 valence electrons. The van der Waals surface area contributed by atoms with Gasteiger partial charge in [0, 0.05) is 30.2 Å². The number of fused-ring (bicyclic) bond motifs is 1. The second kappa shape index (κ2) is 9.55. The molecule has 0 aliphatic heterocycles. The third-order valence-corrected chi connectivity index (χ3v) is 4.83. The molecule has 0 spiro atoms. The molecule has 0 atom stereocenters. The number of hydrogen-bond acceptors (Lipinski definition) is 2. The highest BCUT2D eigenvalue weighted by atomic mass is 127. The van der Waals surface area contributed by atoms with E-state index < -0.39 is 5.60 Å². The lowest BCUT2D eigenvalue weighted by atomic mass is 10.0. The molecule has 0 saturated heterocycles. The number of halogens is 2. The topological polar surface area (TPSA) is 72.4 Å². The molecule has 1 aromatic heterocycles. The molecule has 1 aromatic carbocycles. The van der Waals surface area contributed by atoms with Gasteiger partial charge in [0.05, 0.1) is 12.1 Å². The van der Waals surface area contributed by atoms with Crippen LogP contribution in [0.3, 0.4) is 0 Å². The van der Waals surface area contributed by atoms with E-state index in [1.165, 1.54) is 12.1 Å². The molecule has 0 bridgehead atoms. The smallest absolute Gasteiger partial charge is 0.191 e. The molecular formula is C19H28FIN4O. The number of nitrogens with one attached hydrogen (secondary N) is 3. The highest BCUT2D eigenvalue weighted by Crippen LogP contribution is 2.29. The van der Waals surface area contributed by atoms with Gasteiger partial charge in [0.1, 0.15) is 5.82 Å². The van der Waals surface area contributed by atoms with E-state index in [1.54, 1.807) is 0 Å². The zero-order valence-corrected chi connectivity index (χ0v) is 17.5. The second-order valence-electron chi connectivity index (χ2n) is 6.81. The predicted octanol–water partition coefficient (Wildman–Crippen LogP) is 3.33. The summed E-state index contributed by atoms with van der Waals surface area (Å²) in [5, 5.41) is 18.0. The van der Waals surface area contributed by atoms with Crippen LogP contribution in [0.1, 0.15) is 38.2 Å². The van der Waals surface area contributed by atoms with Crippen molar-refractivity contribution in [1.82, 2.24) is 15.6 Å². The molecule has 26 heavy (non-hydrogen) atoms. The van der Waals surface area contributed by atoms with Gasteiger partial charge in [-0.2, -0.15) is 0 Å². The molecule has 3 rings (SSSR count). The van der Waals surface area contributed by atoms with Gasteiger partial charge in [-0.25, -0.2) is 4.39 Å². The van der Waals surface area contributed by atoms with Crippen LogP contribution < -0.4 is 10.6 Å². The predicted molar refractivity (Wildman–Crippen MR) is 115 cm³/mol. The maximum Gasteiger partial charge on any atom is 0.191 e. The molecule has 2 aromatic rings. The molecule has 0 radical (unpaired) electrons. The molecule has 4 N–H and O–H groups in total. The van der Waals surface area contributed by atoms with Crippen molar-refractivity contribution in [1.29, 1.82) is 0 Å². The molecule has 5 nitrogen and oxygen atoms in total. The number of aromatic nitrogens is 1. The lowest BCUT2D eigenvalue weighted by Gasteiger charge is -2.20. The fourth-order valence-corrected chi connectivity index (χ4v) is 3.44. The number of H-pyrrole nitrogens is 1. The number of rotatable bonds is 6. The molecule has 0 amide bonds. The number of aliphatic hydroxyl groups is 1. The summed E-state index contributed by atoms with van der Waals surface area (Å²) in [5.74, 6) is 0.499. The molecule has 1 aliphatic rings. The lowest BCUT2D eigenvalue weighted by molar-refractivity contribution is 0.0574.